The van der Waals surface area contributed by atoms with Crippen LogP contribution in [0.3, 0.4) is 0 Å². The smallest absolute Gasteiger partial charge is 0.134 e. The fourth-order valence-electron chi connectivity index (χ4n) is 1.63. The molecule has 0 bridgehead atoms. The van der Waals surface area contributed by atoms with Crippen LogP contribution in [0.15, 0.2) is 24.3 Å². The van der Waals surface area contributed by atoms with Gasteiger partial charge in [-0.05, 0) is 36.3 Å². The van der Waals surface area contributed by atoms with E-state index in [1.54, 1.807) is 6.92 Å². The molecule has 0 spiro atoms. The number of benzene rings is 1. The molecule has 0 amide bonds. The Bertz CT molecular complexity index is 341. The molecule has 1 heteroatoms. The average molecular weight is 297 g/mol. The first-order valence-corrected chi connectivity index (χ1v) is 6.94. The lowest BCUT2D eigenvalue weighted by Crippen LogP contribution is -2.06. The molecule has 0 aliphatic heterocycles. The predicted octanol–water partition coefficient (Wildman–Crippen LogP) is 6.73. The zero-order chi connectivity index (χ0) is 14.2. The molecule has 1 nitrogen and oxygen atoms in total. The van der Waals surface area contributed by atoms with E-state index < -0.39 is 0 Å². The van der Waals surface area contributed by atoms with Gasteiger partial charge in [-0.1, -0.05) is 81.2 Å². The van der Waals surface area contributed by atoms with Crippen molar-refractivity contribution in [2.75, 3.05) is 0 Å². The number of hydrogen-bond acceptors (Lipinski definition) is 1. The second-order valence-electron chi connectivity index (χ2n) is 5.76. The highest BCUT2D eigenvalue weighted by Crippen LogP contribution is 2.21. The Morgan fingerprint density at radius 2 is 1.29 bits per heavy atom. The largest absolute Gasteiger partial charge is 0.300 e. The zero-order valence-corrected chi connectivity index (χ0v) is 12.8. The summed E-state index contributed by atoms with van der Waals surface area (Å²) in [4.78, 5) is 11.0. The van der Waals surface area contributed by atoms with Crippen LogP contribution in [-0.4, -0.2) is 5.78 Å². The second kappa shape index (κ2) is 13.9. The van der Waals surface area contributed by atoms with E-state index in [2.05, 4.69) is 45.0 Å². The summed E-state index contributed by atoms with van der Waals surface area (Å²) in [6.07, 6.45) is 2.86. The Labute approximate surface area is 135 Å². The topological polar surface area (TPSA) is 17.1 Å². The summed E-state index contributed by atoms with van der Waals surface area (Å²) < 4.78 is 0. The van der Waals surface area contributed by atoms with Gasteiger partial charge >= 0.3 is 0 Å². The third kappa shape index (κ3) is 15.1. The lowest BCUT2D eigenvalue weighted by Gasteiger charge is -2.17. The maximum atomic E-state index is 11.0. The molecule has 0 saturated carbocycles. The predicted molar refractivity (Wildman–Crippen MR) is 100 cm³/mol. The van der Waals surface area contributed by atoms with Crippen LogP contribution in [0.25, 0.3) is 0 Å². The summed E-state index contributed by atoms with van der Waals surface area (Å²) in [5.74, 6) is 0.224. The molecule has 1 aromatic carbocycles. The Hall–Kier alpha value is -1.11. The van der Waals surface area contributed by atoms with E-state index in [1.807, 2.05) is 13.8 Å². The monoisotopic (exact) mass is 296 g/mol. The first-order chi connectivity index (χ1) is 8.37. The highest BCUT2D eigenvalue weighted by Gasteiger charge is 2.09. The molecule has 1 rings (SSSR count). The normalized spacial score (nSPS) is 9.05. The summed E-state index contributed by atoms with van der Waals surface area (Å²) in [5.41, 5.74) is 2.87. The van der Waals surface area contributed by atoms with Gasteiger partial charge in [0.05, 0.1) is 0 Å². The fraction of sp³-hybridized carbons (Fsp3) is 0.650. The minimum Gasteiger partial charge on any atom is -0.300 e. The lowest BCUT2D eigenvalue weighted by molar-refractivity contribution is -0.116. The van der Waals surface area contributed by atoms with Gasteiger partial charge in [-0.15, -0.1) is 0 Å². The standard InChI is InChI=1S/C15H22O.C2H6.3CH4/c1-12(16)11-14-7-5-13(6-8-14)9-10-15(2,3)4;1-2;;;/h5-8H,9-11H2,1-4H3;1-2H3;3*1H4. The molecule has 0 aromatic heterocycles. The number of hydrogen-bond donors (Lipinski definition) is 0. The number of Topliss-reactive ketones (excluding diaryl/α,β-unsaturated/α-hetero) is 1. The molecule has 0 heterocycles. The van der Waals surface area contributed by atoms with Crippen molar-refractivity contribution in [2.45, 2.75) is 83.1 Å². The molecule has 0 atom stereocenters. The summed E-state index contributed by atoms with van der Waals surface area (Å²) in [6.45, 7) is 12.4. The fourth-order valence-corrected chi connectivity index (χ4v) is 1.63. The van der Waals surface area contributed by atoms with Crippen molar-refractivity contribution >= 4 is 5.78 Å². The summed E-state index contributed by atoms with van der Waals surface area (Å²) in [7, 11) is 0. The first kappa shape index (κ1) is 28.1. The minimum absolute atomic E-state index is 0. The van der Waals surface area contributed by atoms with Crippen LogP contribution in [-0.2, 0) is 17.6 Å². The van der Waals surface area contributed by atoms with Crippen LogP contribution in [0.4, 0.5) is 0 Å². The molecule has 0 unspecified atom stereocenters. The van der Waals surface area contributed by atoms with Gasteiger partial charge in [-0.25, -0.2) is 0 Å². The molecule has 0 N–H and O–H groups in total. The Morgan fingerprint density at radius 3 is 1.62 bits per heavy atom. The van der Waals surface area contributed by atoms with Gasteiger partial charge < -0.3 is 0 Å². The zero-order valence-electron chi connectivity index (χ0n) is 12.8. The highest BCUT2D eigenvalue weighted by molar-refractivity contribution is 5.78. The molecule has 0 fully saturated rings. The Morgan fingerprint density at radius 1 is 0.905 bits per heavy atom. The van der Waals surface area contributed by atoms with E-state index in [-0.39, 0.29) is 28.1 Å². The van der Waals surface area contributed by atoms with E-state index >= 15 is 0 Å². The van der Waals surface area contributed by atoms with Gasteiger partial charge in [0, 0.05) is 6.42 Å². The van der Waals surface area contributed by atoms with Crippen molar-refractivity contribution < 1.29 is 4.79 Å². The molecule has 126 valence electrons. The molecular weight excluding hydrogens is 256 g/mol. The number of ketones is 1. The van der Waals surface area contributed by atoms with E-state index in [1.165, 1.54) is 12.0 Å². The number of aryl methyl sites for hydroxylation is 1. The van der Waals surface area contributed by atoms with Crippen LogP contribution in [0, 0.1) is 5.41 Å². The summed E-state index contributed by atoms with van der Waals surface area (Å²) in [6, 6.07) is 8.42. The van der Waals surface area contributed by atoms with Crippen LogP contribution < -0.4 is 0 Å². The third-order valence-electron chi connectivity index (χ3n) is 2.64. The second-order valence-corrected chi connectivity index (χ2v) is 5.76. The van der Waals surface area contributed by atoms with Gasteiger partial charge in [0.1, 0.15) is 5.78 Å². The van der Waals surface area contributed by atoms with Gasteiger partial charge in [-0.3, -0.25) is 4.79 Å². The molecular formula is C20H40O. The number of carbonyl (C=O) groups is 1. The quantitative estimate of drug-likeness (QED) is 0.602. The van der Waals surface area contributed by atoms with Crippen molar-refractivity contribution in [3.63, 3.8) is 0 Å². The lowest BCUT2D eigenvalue weighted by atomic mass is 9.88. The van der Waals surface area contributed by atoms with Crippen LogP contribution in [0.1, 0.15) is 81.4 Å². The number of carbonyl (C=O) groups excluding carboxylic acids is 1. The van der Waals surface area contributed by atoms with Gasteiger partial charge in [0.25, 0.3) is 0 Å². The minimum atomic E-state index is 0. The summed E-state index contributed by atoms with van der Waals surface area (Å²) >= 11 is 0. The molecule has 0 radical (unpaired) electrons. The maximum absolute atomic E-state index is 11.0. The molecule has 21 heavy (non-hydrogen) atoms. The SMILES string of the molecule is C.C.C.CC.CC(=O)Cc1ccc(CCC(C)(C)C)cc1. The van der Waals surface area contributed by atoms with Crippen molar-refractivity contribution in [2.24, 2.45) is 5.41 Å². The van der Waals surface area contributed by atoms with E-state index in [9.17, 15) is 4.79 Å². The highest BCUT2D eigenvalue weighted by atomic mass is 16.1. The van der Waals surface area contributed by atoms with Gasteiger partial charge in [-0.2, -0.15) is 0 Å². The van der Waals surface area contributed by atoms with Crippen molar-refractivity contribution in [1.29, 1.82) is 0 Å². The average Bonchev–Trinajstić information content (AvgIpc) is 2.29. The van der Waals surface area contributed by atoms with Crippen molar-refractivity contribution in [3.8, 4) is 0 Å². The molecule has 0 aliphatic rings. The maximum Gasteiger partial charge on any atom is 0.134 e. The van der Waals surface area contributed by atoms with E-state index in [0.29, 0.717) is 11.8 Å². The molecule has 0 aliphatic carbocycles. The van der Waals surface area contributed by atoms with Crippen molar-refractivity contribution in [3.05, 3.63) is 35.4 Å². The van der Waals surface area contributed by atoms with Gasteiger partial charge in [0.2, 0.25) is 0 Å². The Balaban J connectivity index is -0.000000276. The molecule has 0 saturated heterocycles. The number of rotatable bonds is 4. The van der Waals surface area contributed by atoms with Crippen LogP contribution in [0.5, 0.6) is 0 Å². The third-order valence-corrected chi connectivity index (χ3v) is 2.64. The van der Waals surface area contributed by atoms with Crippen LogP contribution in [0.2, 0.25) is 0 Å². The first-order valence-electron chi connectivity index (χ1n) is 6.94. The van der Waals surface area contributed by atoms with Crippen LogP contribution >= 0.6 is 0 Å². The van der Waals surface area contributed by atoms with Gasteiger partial charge in [0.15, 0.2) is 0 Å². The Kier molecular flexibility index (Phi) is 18.5. The van der Waals surface area contributed by atoms with Crippen molar-refractivity contribution in [1.82, 2.24) is 0 Å². The summed E-state index contributed by atoms with van der Waals surface area (Å²) in [5, 5.41) is 0. The van der Waals surface area contributed by atoms with E-state index in [0.717, 1.165) is 12.0 Å². The molecule has 1 aromatic rings. The van der Waals surface area contributed by atoms with E-state index in [4.69, 9.17) is 0 Å².